The summed E-state index contributed by atoms with van der Waals surface area (Å²) in [4.78, 5) is 25.9. The molecule has 0 bridgehead atoms. The van der Waals surface area contributed by atoms with Crippen molar-refractivity contribution >= 4 is 18.1 Å². The van der Waals surface area contributed by atoms with Crippen LogP contribution < -0.4 is 5.73 Å². The number of nitrogens with two attached hydrogens (primary N) is 1. The molecule has 0 unspecified atom stereocenters. The van der Waals surface area contributed by atoms with Crippen molar-refractivity contribution in [1.29, 1.82) is 0 Å². The van der Waals surface area contributed by atoms with Gasteiger partial charge in [0.1, 0.15) is 17.0 Å². The van der Waals surface area contributed by atoms with Crippen LogP contribution in [-0.4, -0.2) is 28.5 Å². The molecular weight excluding hydrogens is 312 g/mol. The summed E-state index contributed by atoms with van der Waals surface area (Å²) in [5, 5.41) is 0. The molecule has 2 N–H and O–H groups in total. The van der Waals surface area contributed by atoms with Crippen molar-refractivity contribution in [3.8, 4) is 0 Å². The smallest absolute Gasteiger partial charge is 0.428 e. The number of rotatable bonds is 0. The Bertz CT molecular complexity index is 525. The SMILES string of the molecule is CC(C)(C)OC(=O)OC(=O)OC(C)(C)C.Cc1ccnc(N)c1C. The summed E-state index contributed by atoms with van der Waals surface area (Å²) in [6, 6.07) is 1.95. The molecule has 0 aliphatic carbocycles. The minimum absolute atomic E-state index is 0.634. The number of carbonyl (C=O) groups is 2. The molecule has 0 radical (unpaired) electrons. The van der Waals surface area contributed by atoms with Crippen LogP contribution in [0.3, 0.4) is 0 Å². The molecule has 0 saturated carbocycles. The molecule has 0 saturated heterocycles. The third-order valence-electron chi connectivity index (χ3n) is 2.46. The maximum absolute atomic E-state index is 11.0. The number of aryl methyl sites for hydroxylation is 1. The van der Waals surface area contributed by atoms with Gasteiger partial charge in [0.05, 0.1) is 0 Å². The van der Waals surface area contributed by atoms with E-state index in [1.165, 1.54) is 5.56 Å². The minimum Gasteiger partial charge on any atom is -0.428 e. The second kappa shape index (κ2) is 8.52. The number of ether oxygens (including phenoxy) is 3. The fourth-order valence-electron chi connectivity index (χ4n) is 1.26. The van der Waals surface area contributed by atoms with Gasteiger partial charge in [-0.1, -0.05) is 0 Å². The topological polar surface area (TPSA) is 101 Å². The van der Waals surface area contributed by atoms with E-state index in [4.69, 9.17) is 15.2 Å². The third kappa shape index (κ3) is 10.4. The van der Waals surface area contributed by atoms with Crippen LogP contribution in [0.2, 0.25) is 0 Å². The van der Waals surface area contributed by atoms with Gasteiger partial charge < -0.3 is 19.9 Å². The molecule has 0 aliphatic rings. The van der Waals surface area contributed by atoms with Crippen molar-refractivity contribution in [3.05, 3.63) is 23.4 Å². The van der Waals surface area contributed by atoms with Gasteiger partial charge in [0, 0.05) is 6.20 Å². The first-order chi connectivity index (χ1) is 10.7. The van der Waals surface area contributed by atoms with Crippen LogP contribution in [0.15, 0.2) is 12.3 Å². The molecule has 0 fully saturated rings. The highest BCUT2D eigenvalue weighted by molar-refractivity contribution is 5.77. The Morgan fingerprint density at radius 1 is 0.958 bits per heavy atom. The largest absolute Gasteiger partial charge is 0.519 e. The molecule has 1 aromatic rings. The van der Waals surface area contributed by atoms with E-state index in [1.807, 2.05) is 19.9 Å². The lowest BCUT2D eigenvalue weighted by Gasteiger charge is -2.20. The number of carbonyl (C=O) groups excluding carboxylic acids is 2. The van der Waals surface area contributed by atoms with Crippen molar-refractivity contribution < 1.29 is 23.8 Å². The van der Waals surface area contributed by atoms with Crippen LogP contribution in [0.4, 0.5) is 15.4 Å². The Morgan fingerprint density at radius 2 is 1.38 bits per heavy atom. The highest BCUT2D eigenvalue weighted by Crippen LogP contribution is 2.11. The van der Waals surface area contributed by atoms with Gasteiger partial charge in [0.2, 0.25) is 0 Å². The van der Waals surface area contributed by atoms with Gasteiger partial charge in [-0.15, -0.1) is 0 Å². The number of pyridine rings is 1. The van der Waals surface area contributed by atoms with Crippen molar-refractivity contribution in [2.24, 2.45) is 0 Å². The van der Waals surface area contributed by atoms with E-state index in [1.54, 1.807) is 47.7 Å². The molecule has 0 aliphatic heterocycles. The van der Waals surface area contributed by atoms with E-state index < -0.39 is 23.5 Å². The molecule has 0 amide bonds. The van der Waals surface area contributed by atoms with E-state index in [9.17, 15) is 9.59 Å². The average Bonchev–Trinajstić information content (AvgIpc) is 2.31. The maximum Gasteiger partial charge on any atom is 0.519 e. The number of nitrogen functional groups attached to an aromatic ring is 1. The summed E-state index contributed by atoms with van der Waals surface area (Å²) < 4.78 is 13.8. The maximum atomic E-state index is 11.0. The second-order valence-corrected chi connectivity index (χ2v) is 7.17. The van der Waals surface area contributed by atoms with Crippen molar-refractivity contribution in [3.63, 3.8) is 0 Å². The lowest BCUT2D eigenvalue weighted by molar-refractivity contribution is -0.0293. The molecular formula is C17H28N2O5. The van der Waals surface area contributed by atoms with Crippen LogP contribution in [0.25, 0.3) is 0 Å². The predicted molar refractivity (Wildman–Crippen MR) is 91.7 cm³/mol. The Kier molecular flexibility index (Phi) is 7.70. The lowest BCUT2D eigenvalue weighted by Crippen LogP contribution is -2.29. The first kappa shape index (κ1) is 21.7. The standard InChI is InChI=1S/C10H18O5.C7H10N2/c1-9(2,3)14-7(11)13-8(12)15-10(4,5)6;1-5-3-4-9-7(8)6(5)2/h1-6H3;3-4H,1-2H3,(H2,8,9). The fraction of sp³-hybridized carbons (Fsp3) is 0.588. The lowest BCUT2D eigenvalue weighted by atomic mass is 10.2. The highest BCUT2D eigenvalue weighted by atomic mass is 16.8. The number of hydrogen-bond acceptors (Lipinski definition) is 7. The number of anilines is 1. The minimum atomic E-state index is -1.06. The Labute approximate surface area is 143 Å². The molecule has 7 heteroatoms. The van der Waals surface area contributed by atoms with Crippen molar-refractivity contribution in [2.45, 2.75) is 66.6 Å². The summed E-state index contributed by atoms with van der Waals surface area (Å²) in [6.07, 6.45) is -0.397. The van der Waals surface area contributed by atoms with E-state index in [0.29, 0.717) is 5.82 Å². The van der Waals surface area contributed by atoms with Gasteiger partial charge in [0.25, 0.3) is 0 Å². The zero-order valence-corrected chi connectivity index (χ0v) is 15.7. The molecule has 0 atom stereocenters. The highest BCUT2D eigenvalue weighted by Gasteiger charge is 2.24. The number of aromatic nitrogens is 1. The van der Waals surface area contributed by atoms with Crippen molar-refractivity contribution in [2.75, 3.05) is 5.73 Å². The van der Waals surface area contributed by atoms with Crippen LogP contribution in [0.1, 0.15) is 52.7 Å². The predicted octanol–water partition coefficient (Wildman–Crippen LogP) is 4.15. The van der Waals surface area contributed by atoms with Crippen LogP contribution >= 0.6 is 0 Å². The molecule has 1 heterocycles. The van der Waals surface area contributed by atoms with E-state index >= 15 is 0 Å². The normalized spacial score (nSPS) is 11.0. The van der Waals surface area contributed by atoms with Gasteiger partial charge in [0.15, 0.2) is 0 Å². The molecule has 1 rings (SSSR count). The first-order valence-corrected chi connectivity index (χ1v) is 7.53. The molecule has 0 aromatic carbocycles. The van der Waals surface area contributed by atoms with E-state index in [2.05, 4.69) is 9.72 Å². The zero-order chi connectivity index (χ0) is 19.1. The first-order valence-electron chi connectivity index (χ1n) is 7.53. The fourth-order valence-corrected chi connectivity index (χ4v) is 1.26. The molecule has 7 nitrogen and oxygen atoms in total. The summed E-state index contributed by atoms with van der Waals surface area (Å²) in [5.74, 6) is 0.634. The van der Waals surface area contributed by atoms with E-state index in [0.717, 1.165) is 5.56 Å². The number of nitrogens with zero attached hydrogens (tertiary/aromatic N) is 1. The van der Waals surface area contributed by atoms with Gasteiger partial charge in [-0.3, -0.25) is 0 Å². The Hall–Kier alpha value is -2.31. The Morgan fingerprint density at radius 3 is 1.67 bits per heavy atom. The van der Waals surface area contributed by atoms with Crippen LogP contribution in [0, 0.1) is 13.8 Å². The van der Waals surface area contributed by atoms with Gasteiger partial charge in [-0.25, -0.2) is 14.6 Å². The zero-order valence-electron chi connectivity index (χ0n) is 15.7. The summed E-state index contributed by atoms with van der Waals surface area (Å²) in [5.41, 5.74) is 6.40. The van der Waals surface area contributed by atoms with Crippen LogP contribution in [-0.2, 0) is 14.2 Å². The third-order valence-corrected chi connectivity index (χ3v) is 2.46. The van der Waals surface area contributed by atoms with E-state index in [-0.39, 0.29) is 0 Å². The van der Waals surface area contributed by atoms with Gasteiger partial charge >= 0.3 is 12.3 Å². The summed E-state index contributed by atoms with van der Waals surface area (Å²) >= 11 is 0. The molecule has 0 spiro atoms. The van der Waals surface area contributed by atoms with Gasteiger partial charge in [-0.2, -0.15) is 0 Å². The van der Waals surface area contributed by atoms with Gasteiger partial charge in [-0.05, 0) is 72.6 Å². The monoisotopic (exact) mass is 340 g/mol. The quantitative estimate of drug-likeness (QED) is 0.559. The average molecular weight is 340 g/mol. The van der Waals surface area contributed by atoms with Crippen LogP contribution in [0.5, 0.6) is 0 Å². The molecule has 136 valence electrons. The van der Waals surface area contributed by atoms with Crippen molar-refractivity contribution in [1.82, 2.24) is 4.98 Å². The number of hydrogen-bond donors (Lipinski definition) is 1. The Balaban J connectivity index is 0.000000496. The summed E-state index contributed by atoms with van der Waals surface area (Å²) in [7, 11) is 0. The molecule has 1 aromatic heterocycles. The molecule has 24 heavy (non-hydrogen) atoms. The second-order valence-electron chi connectivity index (χ2n) is 7.17. The summed E-state index contributed by atoms with van der Waals surface area (Å²) in [6.45, 7) is 14.0.